The topological polar surface area (TPSA) is 40.5 Å². The predicted octanol–water partition coefficient (Wildman–Crippen LogP) is 1.78. The van der Waals surface area contributed by atoms with Crippen molar-refractivity contribution in [2.75, 3.05) is 19.6 Å². The SMILES string of the molecule is O=C(O)C(Cl)CN1CCc2ccccc2CC1. The van der Waals surface area contributed by atoms with Crippen molar-refractivity contribution in [1.82, 2.24) is 4.90 Å². The van der Waals surface area contributed by atoms with Crippen LogP contribution >= 0.6 is 11.6 Å². The third kappa shape index (κ3) is 3.20. The molecular weight excluding hydrogens is 238 g/mol. The Morgan fingerprint density at radius 1 is 1.29 bits per heavy atom. The Morgan fingerprint density at radius 2 is 1.82 bits per heavy atom. The lowest BCUT2D eigenvalue weighted by Crippen LogP contribution is -2.35. The van der Waals surface area contributed by atoms with Gasteiger partial charge < -0.3 is 10.0 Å². The molecule has 0 aliphatic carbocycles. The molecule has 1 atom stereocenters. The Morgan fingerprint density at radius 3 is 2.29 bits per heavy atom. The highest BCUT2D eigenvalue weighted by Gasteiger charge is 2.20. The summed E-state index contributed by atoms with van der Waals surface area (Å²) in [5, 5.41) is 7.99. The Bertz CT molecular complexity index is 381. The number of hydrogen-bond donors (Lipinski definition) is 1. The fraction of sp³-hybridized carbons (Fsp3) is 0.462. The molecule has 0 saturated heterocycles. The Labute approximate surface area is 106 Å². The molecule has 0 saturated carbocycles. The van der Waals surface area contributed by atoms with Crippen LogP contribution in [-0.4, -0.2) is 41.0 Å². The van der Waals surface area contributed by atoms with E-state index in [4.69, 9.17) is 16.7 Å². The lowest BCUT2D eigenvalue weighted by Gasteiger charge is -2.20. The minimum absolute atomic E-state index is 0.422. The molecule has 3 nitrogen and oxygen atoms in total. The number of hydrogen-bond acceptors (Lipinski definition) is 2. The quantitative estimate of drug-likeness (QED) is 0.835. The van der Waals surface area contributed by atoms with Crippen molar-refractivity contribution in [3.05, 3.63) is 35.4 Å². The Balaban J connectivity index is 1.97. The van der Waals surface area contributed by atoms with Crippen LogP contribution < -0.4 is 0 Å². The standard InChI is InChI=1S/C13H16ClNO2/c14-12(13(16)17)9-15-7-5-10-3-1-2-4-11(10)6-8-15/h1-4,12H,5-9H2,(H,16,17). The van der Waals surface area contributed by atoms with Gasteiger partial charge in [0.25, 0.3) is 0 Å². The van der Waals surface area contributed by atoms with Crippen LogP contribution in [0.15, 0.2) is 24.3 Å². The molecule has 0 fully saturated rings. The average molecular weight is 254 g/mol. The molecule has 0 aromatic heterocycles. The molecule has 2 rings (SSSR count). The number of rotatable bonds is 3. The number of fused-ring (bicyclic) bond motifs is 1. The summed E-state index contributed by atoms with van der Waals surface area (Å²) in [5.74, 6) is -0.937. The molecular formula is C13H16ClNO2. The maximum absolute atomic E-state index is 10.7. The Hall–Kier alpha value is -1.06. The van der Waals surface area contributed by atoms with Gasteiger partial charge in [-0.2, -0.15) is 0 Å². The van der Waals surface area contributed by atoms with E-state index in [2.05, 4.69) is 29.2 Å². The molecule has 17 heavy (non-hydrogen) atoms. The second kappa shape index (κ2) is 5.52. The van der Waals surface area contributed by atoms with Gasteiger partial charge in [0.05, 0.1) is 0 Å². The molecule has 1 unspecified atom stereocenters. The highest BCUT2D eigenvalue weighted by atomic mass is 35.5. The first-order chi connectivity index (χ1) is 8.16. The molecule has 1 aromatic rings. The van der Waals surface area contributed by atoms with Crippen LogP contribution in [0.5, 0.6) is 0 Å². The van der Waals surface area contributed by atoms with Crippen LogP contribution in [0, 0.1) is 0 Å². The molecule has 1 aliphatic rings. The smallest absolute Gasteiger partial charge is 0.322 e. The van der Waals surface area contributed by atoms with E-state index in [0.29, 0.717) is 6.54 Å². The van der Waals surface area contributed by atoms with Crippen LogP contribution in [0.25, 0.3) is 0 Å². The lowest BCUT2D eigenvalue weighted by atomic mass is 10.0. The fourth-order valence-electron chi connectivity index (χ4n) is 2.20. The third-order valence-corrected chi connectivity index (χ3v) is 3.52. The molecule has 0 amide bonds. The van der Waals surface area contributed by atoms with Crippen LogP contribution in [0.2, 0.25) is 0 Å². The van der Waals surface area contributed by atoms with Crippen molar-refractivity contribution in [3.8, 4) is 0 Å². The maximum atomic E-state index is 10.7. The van der Waals surface area contributed by atoms with E-state index >= 15 is 0 Å². The number of nitrogens with zero attached hydrogens (tertiary/aromatic N) is 1. The normalized spacial score (nSPS) is 18.2. The van der Waals surface area contributed by atoms with Crippen molar-refractivity contribution >= 4 is 17.6 Å². The largest absolute Gasteiger partial charge is 0.480 e. The second-order valence-electron chi connectivity index (χ2n) is 4.38. The van der Waals surface area contributed by atoms with Gasteiger partial charge in [0, 0.05) is 19.6 Å². The van der Waals surface area contributed by atoms with Gasteiger partial charge in [-0.1, -0.05) is 24.3 Å². The van der Waals surface area contributed by atoms with Gasteiger partial charge in [0.1, 0.15) is 5.38 Å². The molecule has 4 heteroatoms. The molecule has 1 aliphatic heterocycles. The second-order valence-corrected chi connectivity index (χ2v) is 4.90. The summed E-state index contributed by atoms with van der Waals surface area (Å²) in [5.41, 5.74) is 2.74. The molecule has 0 bridgehead atoms. The van der Waals surface area contributed by atoms with Gasteiger partial charge in [-0.15, -0.1) is 11.6 Å². The van der Waals surface area contributed by atoms with Gasteiger partial charge in [0.15, 0.2) is 0 Å². The summed E-state index contributed by atoms with van der Waals surface area (Å²) in [6.07, 6.45) is 1.94. The third-order valence-electron chi connectivity index (χ3n) is 3.20. The zero-order valence-electron chi connectivity index (χ0n) is 9.60. The zero-order chi connectivity index (χ0) is 12.3. The summed E-state index contributed by atoms with van der Waals surface area (Å²) in [7, 11) is 0. The number of halogens is 1. The van der Waals surface area contributed by atoms with E-state index in [0.717, 1.165) is 25.9 Å². The van der Waals surface area contributed by atoms with Crippen molar-refractivity contribution in [3.63, 3.8) is 0 Å². The summed E-state index contributed by atoms with van der Waals surface area (Å²) in [6.45, 7) is 2.19. The molecule has 0 radical (unpaired) electrons. The summed E-state index contributed by atoms with van der Waals surface area (Å²) >= 11 is 5.77. The number of carbonyl (C=O) groups is 1. The van der Waals surface area contributed by atoms with Crippen molar-refractivity contribution in [1.29, 1.82) is 0 Å². The Kier molecular flexibility index (Phi) is 4.02. The van der Waals surface area contributed by atoms with E-state index < -0.39 is 11.3 Å². The first-order valence-electron chi connectivity index (χ1n) is 5.83. The highest BCUT2D eigenvalue weighted by Crippen LogP contribution is 2.16. The van der Waals surface area contributed by atoms with Gasteiger partial charge in [-0.05, 0) is 24.0 Å². The van der Waals surface area contributed by atoms with Gasteiger partial charge in [0.2, 0.25) is 0 Å². The molecule has 92 valence electrons. The first-order valence-corrected chi connectivity index (χ1v) is 6.26. The van der Waals surface area contributed by atoms with E-state index in [1.54, 1.807) is 0 Å². The molecule has 0 spiro atoms. The number of carboxylic acids is 1. The maximum Gasteiger partial charge on any atom is 0.322 e. The number of alkyl halides is 1. The van der Waals surface area contributed by atoms with Crippen LogP contribution in [0.3, 0.4) is 0 Å². The number of benzene rings is 1. The molecule has 1 N–H and O–H groups in total. The number of carboxylic acid groups (broad SMARTS) is 1. The van der Waals surface area contributed by atoms with Crippen molar-refractivity contribution < 1.29 is 9.90 Å². The van der Waals surface area contributed by atoms with E-state index in [9.17, 15) is 4.79 Å². The number of aliphatic carboxylic acids is 1. The zero-order valence-corrected chi connectivity index (χ0v) is 10.4. The monoisotopic (exact) mass is 253 g/mol. The van der Waals surface area contributed by atoms with Crippen LogP contribution in [0.4, 0.5) is 0 Å². The predicted molar refractivity (Wildman–Crippen MR) is 67.6 cm³/mol. The van der Waals surface area contributed by atoms with Crippen molar-refractivity contribution in [2.24, 2.45) is 0 Å². The van der Waals surface area contributed by atoms with E-state index in [-0.39, 0.29) is 0 Å². The van der Waals surface area contributed by atoms with Gasteiger partial charge in [-0.3, -0.25) is 4.79 Å². The molecule has 1 aromatic carbocycles. The molecule has 1 heterocycles. The minimum Gasteiger partial charge on any atom is -0.480 e. The first kappa shape index (κ1) is 12.4. The van der Waals surface area contributed by atoms with Crippen LogP contribution in [-0.2, 0) is 17.6 Å². The van der Waals surface area contributed by atoms with Gasteiger partial charge >= 0.3 is 5.97 Å². The highest BCUT2D eigenvalue weighted by molar-refractivity contribution is 6.29. The fourth-order valence-corrected chi connectivity index (χ4v) is 2.40. The summed E-state index contributed by atoms with van der Waals surface area (Å²) < 4.78 is 0. The van der Waals surface area contributed by atoms with E-state index in [1.165, 1.54) is 11.1 Å². The lowest BCUT2D eigenvalue weighted by molar-refractivity contribution is -0.136. The minimum atomic E-state index is -0.937. The van der Waals surface area contributed by atoms with E-state index in [1.807, 2.05) is 0 Å². The van der Waals surface area contributed by atoms with Crippen molar-refractivity contribution in [2.45, 2.75) is 18.2 Å². The summed E-state index contributed by atoms with van der Waals surface area (Å²) in [6, 6.07) is 8.40. The average Bonchev–Trinajstić information content (AvgIpc) is 2.52. The van der Waals surface area contributed by atoms with Crippen LogP contribution in [0.1, 0.15) is 11.1 Å². The summed E-state index contributed by atoms with van der Waals surface area (Å²) in [4.78, 5) is 12.8. The van der Waals surface area contributed by atoms with Gasteiger partial charge in [-0.25, -0.2) is 0 Å².